The fourth-order valence-corrected chi connectivity index (χ4v) is 3.11. The average molecular weight is 403 g/mol. The lowest BCUT2D eigenvalue weighted by atomic mass is 10.1. The van der Waals surface area contributed by atoms with E-state index in [1.165, 1.54) is 18.3 Å². The third-order valence-corrected chi connectivity index (χ3v) is 5.58. The van der Waals surface area contributed by atoms with Crippen LogP contribution in [0, 0.1) is 0 Å². The molecule has 3 rings (SSSR count). The van der Waals surface area contributed by atoms with Gasteiger partial charge in [0.2, 0.25) is 0 Å². The van der Waals surface area contributed by atoms with Crippen LogP contribution in [0.5, 0.6) is 0 Å². The van der Waals surface area contributed by atoms with Crippen LogP contribution < -0.4 is 5.32 Å². The van der Waals surface area contributed by atoms with Gasteiger partial charge in [0, 0.05) is 17.4 Å². The number of pyridine rings is 1. The molecule has 0 aliphatic carbocycles. The van der Waals surface area contributed by atoms with Gasteiger partial charge in [0.25, 0.3) is 5.91 Å². The minimum absolute atomic E-state index is 0.0396. The molecule has 0 aliphatic heterocycles. The second kappa shape index (κ2) is 7.81. The van der Waals surface area contributed by atoms with Gasteiger partial charge < -0.3 is 5.32 Å². The van der Waals surface area contributed by atoms with E-state index in [4.69, 9.17) is 11.6 Å². The van der Waals surface area contributed by atoms with E-state index >= 15 is 0 Å². The molecule has 1 N–H and O–H groups in total. The number of nitrogens with zero attached hydrogens (tertiary/aromatic N) is 3. The molecule has 0 fully saturated rings. The second-order valence-electron chi connectivity index (χ2n) is 5.56. The van der Waals surface area contributed by atoms with Crippen molar-refractivity contribution in [2.75, 3.05) is 11.1 Å². The van der Waals surface area contributed by atoms with Gasteiger partial charge in [-0.15, -0.1) is 10.2 Å². The summed E-state index contributed by atoms with van der Waals surface area (Å²) >= 11 is 5.72. The number of amides is 1. The van der Waals surface area contributed by atoms with Crippen molar-refractivity contribution in [3.8, 4) is 11.3 Å². The summed E-state index contributed by atoms with van der Waals surface area (Å²) in [6.07, 6.45) is 1.39. The summed E-state index contributed by atoms with van der Waals surface area (Å²) in [6, 6.07) is 13.1. The molecule has 0 saturated carbocycles. The number of hydrogen-bond donors (Lipinski definition) is 1. The molecule has 9 heteroatoms. The van der Waals surface area contributed by atoms with E-state index < -0.39 is 9.84 Å². The first-order chi connectivity index (χ1) is 12.9. The molecular weight excluding hydrogens is 388 g/mol. The van der Waals surface area contributed by atoms with Crippen molar-refractivity contribution in [1.82, 2.24) is 15.2 Å². The van der Waals surface area contributed by atoms with Gasteiger partial charge in [-0.3, -0.25) is 4.79 Å². The van der Waals surface area contributed by atoms with Crippen LogP contribution in [-0.2, 0) is 9.84 Å². The largest absolute Gasteiger partial charge is 0.322 e. The Bertz CT molecular complexity index is 1070. The monoisotopic (exact) mass is 402 g/mol. The van der Waals surface area contributed by atoms with Crippen molar-refractivity contribution < 1.29 is 13.2 Å². The smallest absolute Gasteiger partial charge is 0.257 e. The fourth-order valence-electron chi connectivity index (χ4n) is 2.26. The number of sulfone groups is 1. The molecule has 0 spiro atoms. The molecule has 0 atom stereocenters. The van der Waals surface area contributed by atoms with Gasteiger partial charge in [0.15, 0.2) is 14.9 Å². The fraction of sp³-hybridized carbons (Fsp3) is 0.111. The normalized spacial score (nSPS) is 11.2. The summed E-state index contributed by atoms with van der Waals surface area (Å²) in [7, 11) is -3.40. The summed E-state index contributed by atoms with van der Waals surface area (Å²) < 4.78 is 23.6. The van der Waals surface area contributed by atoms with Gasteiger partial charge in [0.1, 0.15) is 5.15 Å². The Morgan fingerprint density at radius 3 is 2.56 bits per heavy atom. The lowest BCUT2D eigenvalue weighted by Gasteiger charge is -2.07. The molecular formula is C18H15ClN4O3S. The Balaban J connectivity index is 1.81. The standard InChI is InChI=1S/C18H15ClN4O3S/c1-2-27(25,26)17-9-7-15(22-23-17)12-4-3-5-14(10-12)21-18(24)13-6-8-16(19)20-11-13/h3-11H,2H2,1H3,(H,21,24). The third kappa shape index (κ3) is 4.47. The minimum atomic E-state index is -3.40. The Kier molecular flexibility index (Phi) is 5.48. The van der Waals surface area contributed by atoms with Crippen molar-refractivity contribution in [3.05, 3.63) is 65.4 Å². The molecule has 0 unspecified atom stereocenters. The maximum atomic E-state index is 12.3. The predicted octanol–water partition coefficient (Wildman–Crippen LogP) is 3.24. The zero-order chi connectivity index (χ0) is 19.4. The van der Waals surface area contributed by atoms with Crippen LogP contribution in [-0.4, -0.2) is 35.3 Å². The molecule has 27 heavy (non-hydrogen) atoms. The number of hydrogen-bond acceptors (Lipinski definition) is 6. The van der Waals surface area contributed by atoms with Crippen molar-refractivity contribution in [1.29, 1.82) is 0 Å². The highest BCUT2D eigenvalue weighted by Gasteiger charge is 2.14. The molecule has 3 aromatic rings. The maximum Gasteiger partial charge on any atom is 0.257 e. The first kappa shape index (κ1) is 18.9. The molecule has 2 heterocycles. The molecule has 0 radical (unpaired) electrons. The van der Waals surface area contributed by atoms with Crippen molar-refractivity contribution in [2.45, 2.75) is 11.9 Å². The predicted molar refractivity (Wildman–Crippen MR) is 102 cm³/mol. The molecule has 0 aliphatic rings. The molecule has 1 aromatic carbocycles. The number of carbonyl (C=O) groups excluding carboxylic acids is 1. The number of halogens is 1. The quantitative estimate of drug-likeness (QED) is 0.657. The lowest BCUT2D eigenvalue weighted by Crippen LogP contribution is -2.12. The van der Waals surface area contributed by atoms with Crippen LogP contribution in [0.1, 0.15) is 17.3 Å². The van der Waals surface area contributed by atoms with Gasteiger partial charge in [0.05, 0.1) is 17.0 Å². The SMILES string of the molecule is CCS(=O)(=O)c1ccc(-c2cccc(NC(=O)c3ccc(Cl)nc3)c2)nn1. The van der Waals surface area contributed by atoms with Gasteiger partial charge in [-0.1, -0.05) is 30.7 Å². The summed E-state index contributed by atoms with van der Waals surface area (Å²) in [5, 5.41) is 10.8. The van der Waals surface area contributed by atoms with Gasteiger partial charge >= 0.3 is 0 Å². The number of anilines is 1. The van der Waals surface area contributed by atoms with Crippen LogP contribution in [0.15, 0.2) is 59.8 Å². The van der Waals surface area contributed by atoms with Crippen molar-refractivity contribution in [3.63, 3.8) is 0 Å². The zero-order valence-electron chi connectivity index (χ0n) is 14.3. The molecule has 7 nitrogen and oxygen atoms in total. The van der Waals surface area contributed by atoms with E-state index in [-0.39, 0.29) is 16.7 Å². The van der Waals surface area contributed by atoms with Crippen LogP contribution in [0.3, 0.4) is 0 Å². The van der Waals surface area contributed by atoms with E-state index in [0.29, 0.717) is 27.7 Å². The van der Waals surface area contributed by atoms with Crippen LogP contribution in [0.4, 0.5) is 5.69 Å². The number of nitrogens with one attached hydrogen (secondary N) is 1. The van der Waals surface area contributed by atoms with Crippen molar-refractivity contribution >= 4 is 33.0 Å². The highest BCUT2D eigenvalue weighted by molar-refractivity contribution is 7.91. The molecule has 0 bridgehead atoms. The maximum absolute atomic E-state index is 12.3. The Labute approximate surface area is 161 Å². The Hall–Kier alpha value is -2.84. The van der Waals surface area contributed by atoms with Crippen LogP contribution in [0.2, 0.25) is 5.15 Å². The summed E-state index contributed by atoms with van der Waals surface area (Å²) in [6.45, 7) is 1.55. The van der Waals surface area contributed by atoms with Crippen molar-refractivity contribution in [2.24, 2.45) is 0 Å². The Morgan fingerprint density at radius 2 is 1.93 bits per heavy atom. The first-order valence-corrected chi connectivity index (χ1v) is 10.0. The minimum Gasteiger partial charge on any atom is -0.322 e. The second-order valence-corrected chi connectivity index (χ2v) is 8.18. The Morgan fingerprint density at radius 1 is 1.11 bits per heavy atom. The van der Waals surface area contributed by atoms with E-state index in [1.807, 2.05) is 0 Å². The van der Waals surface area contributed by atoms with E-state index in [2.05, 4.69) is 20.5 Å². The highest BCUT2D eigenvalue weighted by Crippen LogP contribution is 2.22. The molecule has 2 aromatic heterocycles. The molecule has 1 amide bonds. The van der Waals surface area contributed by atoms with Gasteiger partial charge in [-0.25, -0.2) is 13.4 Å². The highest BCUT2D eigenvalue weighted by atomic mass is 35.5. The first-order valence-electron chi connectivity index (χ1n) is 7.99. The van der Waals surface area contributed by atoms with Crippen LogP contribution in [0.25, 0.3) is 11.3 Å². The summed E-state index contributed by atoms with van der Waals surface area (Å²) in [5.41, 5.74) is 2.11. The lowest BCUT2D eigenvalue weighted by molar-refractivity contribution is 0.102. The van der Waals surface area contributed by atoms with Gasteiger partial charge in [-0.2, -0.15) is 0 Å². The van der Waals surface area contributed by atoms with E-state index in [0.717, 1.165) is 0 Å². The zero-order valence-corrected chi connectivity index (χ0v) is 15.8. The number of carbonyl (C=O) groups is 1. The topological polar surface area (TPSA) is 102 Å². The summed E-state index contributed by atoms with van der Waals surface area (Å²) in [5.74, 6) is -0.367. The number of rotatable bonds is 5. The van der Waals surface area contributed by atoms with E-state index in [9.17, 15) is 13.2 Å². The number of aromatic nitrogens is 3. The molecule has 0 saturated heterocycles. The third-order valence-electron chi connectivity index (χ3n) is 3.74. The van der Waals surface area contributed by atoms with Gasteiger partial charge in [-0.05, 0) is 36.4 Å². The number of benzene rings is 1. The van der Waals surface area contributed by atoms with Crippen LogP contribution >= 0.6 is 11.6 Å². The molecule has 138 valence electrons. The average Bonchev–Trinajstić information content (AvgIpc) is 2.69. The van der Waals surface area contributed by atoms with E-state index in [1.54, 1.807) is 43.3 Å². The summed E-state index contributed by atoms with van der Waals surface area (Å²) in [4.78, 5) is 16.2.